The zero-order valence-corrected chi connectivity index (χ0v) is 12.8. The van der Waals surface area contributed by atoms with Crippen molar-refractivity contribution in [1.82, 2.24) is 0 Å². The molecule has 0 aliphatic heterocycles. The maximum absolute atomic E-state index is 12.7. The summed E-state index contributed by atoms with van der Waals surface area (Å²) in [5.41, 5.74) is -0.446. The van der Waals surface area contributed by atoms with E-state index in [4.69, 9.17) is 5.11 Å². The largest absolute Gasteiger partial charge is 0.477 e. The number of carboxylic acids is 1. The number of rotatable bonds is 4. The number of thiophene rings is 1. The molecule has 0 bridgehead atoms. The fraction of sp³-hybridized carbons (Fsp3) is 0.154. The van der Waals surface area contributed by atoms with Crippen LogP contribution in [0.2, 0.25) is 0 Å². The number of carboxylic acid groups (broad SMARTS) is 1. The van der Waals surface area contributed by atoms with Crippen LogP contribution in [0.1, 0.15) is 20.1 Å². The van der Waals surface area contributed by atoms with Crippen LogP contribution in [0.5, 0.6) is 0 Å². The van der Waals surface area contributed by atoms with E-state index in [9.17, 15) is 18.0 Å². The minimum absolute atomic E-state index is 0.192. The smallest absolute Gasteiger partial charge is 0.416 e. The van der Waals surface area contributed by atoms with Crippen LogP contribution in [0.3, 0.4) is 0 Å². The number of hydrogen-bond donors (Lipinski definition) is 2. The van der Waals surface area contributed by atoms with Crippen molar-refractivity contribution >= 4 is 38.9 Å². The molecule has 112 valence electrons. The predicted octanol–water partition coefficient (Wildman–Crippen LogP) is 4.84. The number of aromatic carboxylic acids is 1. The van der Waals surface area contributed by atoms with Gasteiger partial charge in [0.15, 0.2) is 0 Å². The molecule has 0 aliphatic rings. The highest BCUT2D eigenvalue weighted by atomic mass is 79.9. The van der Waals surface area contributed by atoms with Gasteiger partial charge >= 0.3 is 12.1 Å². The van der Waals surface area contributed by atoms with Gasteiger partial charge in [0.25, 0.3) is 0 Å². The lowest BCUT2D eigenvalue weighted by atomic mass is 10.2. The molecule has 2 rings (SSSR count). The molecule has 0 radical (unpaired) electrons. The lowest BCUT2D eigenvalue weighted by molar-refractivity contribution is -0.137. The third-order valence-corrected chi connectivity index (χ3v) is 4.10. The molecule has 1 aromatic carbocycles. The summed E-state index contributed by atoms with van der Waals surface area (Å²) in [7, 11) is 0. The van der Waals surface area contributed by atoms with Gasteiger partial charge in [0.2, 0.25) is 0 Å². The summed E-state index contributed by atoms with van der Waals surface area (Å²) in [6, 6.07) is 6.63. The molecule has 2 aromatic rings. The van der Waals surface area contributed by atoms with E-state index in [1.54, 1.807) is 6.07 Å². The number of alkyl halides is 3. The molecule has 0 fully saturated rings. The normalized spacial score (nSPS) is 11.4. The third-order valence-electron chi connectivity index (χ3n) is 2.56. The standard InChI is InChI=1S/C13H9BrF3NO2S/c14-8-3-7(13(15,16)17)4-9(5-8)18-6-10-1-2-11(21-10)12(19)20/h1-5,18H,6H2,(H,19,20). The van der Waals surface area contributed by atoms with Crippen LogP contribution in [0.4, 0.5) is 18.9 Å². The molecule has 8 heteroatoms. The number of benzene rings is 1. The van der Waals surface area contributed by atoms with Crippen molar-refractivity contribution in [2.45, 2.75) is 12.7 Å². The molecule has 3 nitrogen and oxygen atoms in total. The summed E-state index contributed by atoms with van der Waals surface area (Å²) in [6.45, 7) is 0.256. The van der Waals surface area contributed by atoms with Crippen LogP contribution in [0, 0.1) is 0 Å². The molecule has 0 unspecified atom stereocenters. The predicted molar refractivity (Wildman–Crippen MR) is 77.7 cm³/mol. The van der Waals surface area contributed by atoms with Gasteiger partial charge in [-0.25, -0.2) is 4.79 Å². The topological polar surface area (TPSA) is 49.3 Å². The number of halogens is 4. The van der Waals surface area contributed by atoms with Gasteiger partial charge in [0.1, 0.15) is 4.88 Å². The summed E-state index contributed by atoms with van der Waals surface area (Å²) in [4.78, 5) is 11.7. The molecule has 1 heterocycles. The number of hydrogen-bond acceptors (Lipinski definition) is 3. The van der Waals surface area contributed by atoms with Gasteiger partial charge in [-0.15, -0.1) is 11.3 Å². The lowest BCUT2D eigenvalue weighted by Crippen LogP contribution is -2.06. The van der Waals surface area contributed by atoms with Crippen LogP contribution in [-0.4, -0.2) is 11.1 Å². The Hall–Kier alpha value is -1.54. The van der Waals surface area contributed by atoms with Gasteiger partial charge in [0, 0.05) is 21.6 Å². The van der Waals surface area contributed by atoms with Crippen molar-refractivity contribution in [3.63, 3.8) is 0 Å². The molecular weight excluding hydrogens is 371 g/mol. The maximum atomic E-state index is 12.7. The summed E-state index contributed by atoms with van der Waals surface area (Å²) in [6.07, 6.45) is -4.42. The first-order valence-electron chi connectivity index (χ1n) is 5.69. The second-order valence-corrected chi connectivity index (χ2v) is 6.24. The summed E-state index contributed by atoms with van der Waals surface area (Å²) in [5, 5.41) is 11.7. The Morgan fingerprint density at radius 3 is 2.57 bits per heavy atom. The SMILES string of the molecule is O=C(O)c1ccc(CNc2cc(Br)cc(C(F)(F)F)c2)s1. The highest BCUT2D eigenvalue weighted by Crippen LogP contribution is 2.33. The van der Waals surface area contributed by atoms with Crippen LogP contribution >= 0.6 is 27.3 Å². The van der Waals surface area contributed by atoms with Crippen LogP contribution < -0.4 is 5.32 Å². The number of anilines is 1. The third kappa shape index (κ3) is 4.21. The van der Waals surface area contributed by atoms with E-state index < -0.39 is 17.7 Å². The second kappa shape index (κ2) is 6.07. The van der Waals surface area contributed by atoms with E-state index >= 15 is 0 Å². The van der Waals surface area contributed by atoms with Gasteiger partial charge in [-0.2, -0.15) is 13.2 Å². The minimum Gasteiger partial charge on any atom is -0.477 e. The fourth-order valence-electron chi connectivity index (χ4n) is 1.63. The summed E-state index contributed by atoms with van der Waals surface area (Å²) >= 11 is 4.12. The molecule has 21 heavy (non-hydrogen) atoms. The van der Waals surface area contributed by atoms with Crippen molar-refractivity contribution in [2.24, 2.45) is 0 Å². The Labute approximate surface area is 130 Å². The van der Waals surface area contributed by atoms with Crippen molar-refractivity contribution in [3.05, 3.63) is 50.1 Å². The molecule has 2 N–H and O–H groups in total. The van der Waals surface area contributed by atoms with Crippen LogP contribution in [-0.2, 0) is 12.7 Å². The van der Waals surface area contributed by atoms with E-state index in [0.29, 0.717) is 10.2 Å². The molecule has 0 saturated heterocycles. The molecule has 0 atom stereocenters. The van der Waals surface area contributed by atoms with Crippen molar-refractivity contribution in [1.29, 1.82) is 0 Å². The molecule has 1 aromatic heterocycles. The highest BCUT2D eigenvalue weighted by molar-refractivity contribution is 9.10. The second-order valence-electron chi connectivity index (χ2n) is 4.15. The van der Waals surface area contributed by atoms with Gasteiger partial charge < -0.3 is 10.4 Å². The van der Waals surface area contributed by atoms with Crippen molar-refractivity contribution in [3.8, 4) is 0 Å². The first-order chi connectivity index (χ1) is 9.75. The summed E-state index contributed by atoms with van der Waals surface area (Å²) < 4.78 is 38.4. The molecule has 0 saturated carbocycles. The van der Waals surface area contributed by atoms with Crippen LogP contribution in [0.25, 0.3) is 0 Å². The molecule has 0 aliphatic carbocycles. The average molecular weight is 380 g/mol. The first-order valence-corrected chi connectivity index (χ1v) is 7.30. The minimum atomic E-state index is -4.42. The van der Waals surface area contributed by atoms with Gasteiger partial charge in [-0.1, -0.05) is 15.9 Å². The number of carbonyl (C=O) groups is 1. The van der Waals surface area contributed by atoms with Crippen LogP contribution in [0.15, 0.2) is 34.8 Å². The Kier molecular flexibility index (Phi) is 4.58. The van der Waals surface area contributed by atoms with Crippen molar-refractivity contribution in [2.75, 3.05) is 5.32 Å². The monoisotopic (exact) mass is 379 g/mol. The van der Waals surface area contributed by atoms with E-state index in [1.165, 1.54) is 12.1 Å². The average Bonchev–Trinajstić information content (AvgIpc) is 2.83. The zero-order chi connectivity index (χ0) is 15.6. The van der Waals surface area contributed by atoms with E-state index in [1.807, 2.05) is 0 Å². The molecule has 0 amide bonds. The highest BCUT2D eigenvalue weighted by Gasteiger charge is 2.31. The Balaban J connectivity index is 2.12. The number of nitrogens with one attached hydrogen (secondary N) is 1. The van der Waals surface area contributed by atoms with Gasteiger partial charge in [0.05, 0.1) is 5.56 Å². The van der Waals surface area contributed by atoms with E-state index in [-0.39, 0.29) is 11.4 Å². The van der Waals surface area contributed by atoms with Gasteiger partial charge in [-0.05, 0) is 30.3 Å². The zero-order valence-electron chi connectivity index (χ0n) is 10.4. The van der Waals surface area contributed by atoms with E-state index in [2.05, 4.69) is 21.2 Å². The fourth-order valence-corrected chi connectivity index (χ4v) is 2.91. The molecular formula is C13H9BrF3NO2S. The maximum Gasteiger partial charge on any atom is 0.416 e. The van der Waals surface area contributed by atoms with Crippen molar-refractivity contribution < 1.29 is 23.1 Å². The quantitative estimate of drug-likeness (QED) is 0.798. The van der Waals surface area contributed by atoms with Gasteiger partial charge in [-0.3, -0.25) is 0 Å². The Bertz CT molecular complexity index is 670. The lowest BCUT2D eigenvalue weighted by Gasteiger charge is -2.11. The Morgan fingerprint density at radius 1 is 1.29 bits per heavy atom. The molecule has 0 spiro atoms. The summed E-state index contributed by atoms with van der Waals surface area (Å²) in [5.74, 6) is -1.02. The first kappa shape index (κ1) is 15.8. The van der Waals surface area contributed by atoms with E-state index in [0.717, 1.165) is 28.3 Å². The Morgan fingerprint density at radius 2 is 2.00 bits per heavy atom.